The van der Waals surface area contributed by atoms with E-state index < -0.39 is 15.3 Å². The molecule has 0 aliphatic carbocycles. The largest absolute Gasteiger partial charge is 0.340 e. The lowest BCUT2D eigenvalue weighted by Crippen LogP contribution is -2.33. The van der Waals surface area contributed by atoms with Gasteiger partial charge in [-0.1, -0.05) is 5.16 Å². The van der Waals surface area contributed by atoms with Gasteiger partial charge in [0, 0.05) is 19.9 Å². The average Bonchev–Trinajstić information content (AvgIpc) is 2.62. The summed E-state index contributed by atoms with van der Waals surface area (Å²) < 4.78 is 29.7. The fourth-order valence-corrected chi connectivity index (χ4v) is 1.72. The van der Waals surface area contributed by atoms with Crippen molar-refractivity contribution in [1.82, 2.24) is 14.9 Å². The van der Waals surface area contributed by atoms with Crippen LogP contribution < -0.4 is 4.72 Å². The van der Waals surface area contributed by atoms with Crippen molar-refractivity contribution in [3.8, 4) is 6.07 Å². The molecule has 0 aliphatic rings. The first-order chi connectivity index (χ1) is 7.45. The molecule has 0 saturated carbocycles. The van der Waals surface area contributed by atoms with Gasteiger partial charge in [0.15, 0.2) is 11.1 Å². The SMILES string of the molecule is Cc1nc(CCNS(=O)(=O)C(C)C#N)no1. The highest BCUT2D eigenvalue weighted by molar-refractivity contribution is 7.90. The molecule has 0 radical (unpaired) electrons. The van der Waals surface area contributed by atoms with Crippen molar-refractivity contribution in [2.24, 2.45) is 0 Å². The van der Waals surface area contributed by atoms with Gasteiger partial charge >= 0.3 is 0 Å². The highest BCUT2D eigenvalue weighted by Gasteiger charge is 2.19. The molecule has 88 valence electrons. The third-order valence-electron chi connectivity index (χ3n) is 1.87. The van der Waals surface area contributed by atoms with Crippen LogP contribution in [0.25, 0.3) is 0 Å². The van der Waals surface area contributed by atoms with E-state index in [0.717, 1.165) is 0 Å². The topological polar surface area (TPSA) is 109 Å². The Labute approximate surface area is 93.5 Å². The zero-order valence-electron chi connectivity index (χ0n) is 8.97. The van der Waals surface area contributed by atoms with Crippen LogP contribution in [0.2, 0.25) is 0 Å². The van der Waals surface area contributed by atoms with Crippen molar-refractivity contribution < 1.29 is 12.9 Å². The maximum absolute atomic E-state index is 11.4. The minimum Gasteiger partial charge on any atom is -0.340 e. The maximum atomic E-state index is 11.4. The summed E-state index contributed by atoms with van der Waals surface area (Å²) in [6.07, 6.45) is 0.328. The van der Waals surface area contributed by atoms with Crippen molar-refractivity contribution >= 4 is 10.0 Å². The standard InChI is InChI=1S/C8H12N4O3S/c1-6(5-9)16(13,14)10-4-3-8-11-7(2)15-12-8/h6,10H,3-4H2,1-2H3. The molecule has 0 amide bonds. The summed E-state index contributed by atoms with van der Waals surface area (Å²) in [5.41, 5.74) is 0. The van der Waals surface area contributed by atoms with Crippen LogP contribution in [0.1, 0.15) is 18.6 Å². The fourth-order valence-electron chi connectivity index (χ4n) is 0.942. The van der Waals surface area contributed by atoms with Crippen molar-refractivity contribution in [2.75, 3.05) is 6.54 Å². The Morgan fingerprint density at radius 2 is 2.31 bits per heavy atom. The molecule has 0 aliphatic heterocycles. The molecule has 0 fully saturated rings. The highest BCUT2D eigenvalue weighted by Crippen LogP contribution is 1.98. The van der Waals surface area contributed by atoms with Crippen LogP contribution in [-0.2, 0) is 16.4 Å². The second-order valence-electron chi connectivity index (χ2n) is 3.19. The van der Waals surface area contributed by atoms with Gasteiger partial charge in [-0.3, -0.25) is 0 Å². The van der Waals surface area contributed by atoms with Gasteiger partial charge in [-0.05, 0) is 6.92 Å². The zero-order valence-corrected chi connectivity index (χ0v) is 9.78. The lowest BCUT2D eigenvalue weighted by atomic mass is 10.4. The van der Waals surface area contributed by atoms with Crippen molar-refractivity contribution in [3.63, 3.8) is 0 Å². The molecule has 1 aromatic rings. The molecular weight excluding hydrogens is 232 g/mol. The van der Waals surface area contributed by atoms with Crippen LogP contribution in [0, 0.1) is 18.3 Å². The van der Waals surface area contributed by atoms with Gasteiger partial charge in [0.05, 0.1) is 6.07 Å². The van der Waals surface area contributed by atoms with Crippen LogP contribution in [0.3, 0.4) is 0 Å². The van der Waals surface area contributed by atoms with E-state index in [1.54, 1.807) is 13.0 Å². The predicted octanol–water partition coefficient (Wildman–Crippen LogP) is -0.248. The number of hydrogen-bond donors (Lipinski definition) is 1. The Bertz CT molecular complexity index is 488. The molecule has 1 rings (SSSR count). The van der Waals surface area contributed by atoms with Crippen molar-refractivity contribution in [1.29, 1.82) is 5.26 Å². The first-order valence-corrected chi connectivity index (χ1v) is 6.17. The predicted molar refractivity (Wildman–Crippen MR) is 54.7 cm³/mol. The fraction of sp³-hybridized carbons (Fsp3) is 0.625. The summed E-state index contributed by atoms with van der Waals surface area (Å²) in [6, 6.07) is 1.66. The summed E-state index contributed by atoms with van der Waals surface area (Å²) in [5.74, 6) is 0.869. The van der Waals surface area contributed by atoms with Gasteiger partial charge in [-0.25, -0.2) is 13.1 Å². The highest BCUT2D eigenvalue weighted by atomic mass is 32.2. The monoisotopic (exact) mass is 244 g/mol. The molecule has 0 bridgehead atoms. The zero-order chi connectivity index (χ0) is 12.2. The number of aromatic nitrogens is 2. The third kappa shape index (κ3) is 3.29. The first-order valence-electron chi connectivity index (χ1n) is 4.63. The number of nitriles is 1. The van der Waals surface area contributed by atoms with Gasteiger partial charge < -0.3 is 4.52 Å². The second kappa shape index (κ2) is 5.05. The minimum atomic E-state index is -3.57. The third-order valence-corrected chi connectivity index (χ3v) is 3.51. The molecule has 16 heavy (non-hydrogen) atoms. The molecule has 7 nitrogen and oxygen atoms in total. The molecule has 1 N–H and O–H groups in total. The van der Waals surface area contributed by atoms with E-state index in [4.69, 9.17) is 9.78 Å². The molecule has 1 aromatic heterocycles. The summed E-state index contributed by atoms with van der Waals surface area (Å²) in [4.78, 5) is 3.92. The lowest BCUT2D eigenvalue weighted by Gasteiger charge is -2.05. The Balaban J connectivity index is 2.45. The Hall–Kier alpha value is -1.46. The van der Waals surface area contributed by atoms with E-state index in [1.807, 2.05) is 0 Å². The normalized spacial score (nSPS) is 13.3. The van der Waals surface area contributed by atoms with Crippen LogP contribution in [0.5, 0.6) is 0 Å². The number of rotatable bonds is 5. The molecule has 0 saturated heterocycles. The van der Waals surface area contributed by atoms with E-state index >= 15 is 0 Å². The quantitative estimate of drug-likeness (QED) is 0.765. The second-order valence-corrected chi connectivity index (χ2v) is 5.28. The first kappa shape index (κ1) is 12.6. The van der Waals surface area contributed by atoms with Gasteiger partial charge in [0.1, 0.15) is 0 Å². The number of aryl methyl sites for hydroxylation is 1. The van der Waals surface area contributed by atoms with Gasteiger partial charge in [-0.2, -0.15) is 10.2 Å². The van der Waals surface area contributed by atoms with Crippen molar-refractivity contribution in [3.05, 3.63) is 11.7 Å². The molecule has 0 spiro atoms. The molecule has 8 heteroatoms. The van der Waals surface area contributed by atoms with E-state index in [9.17, 15) is 8.42 Å². The molecular formula is C8H12N4O3S. The average molecular weight is 244 g/mol. The summed E-state index contributed by atoms with van der Waals surface area (Å²) in [6.45, 7) is 3.12. The maximum Gasteiger partial charge on any atom is 0.227 e. The van der Waals surface area contributed by atoms with Crippen LogP contribution in [0.4, 0.5) is 0 Å². The van der Waals surface area contributed by atoms with E-state index in [0.29, 0.717) is 18.1 Å². The van der Waals surface area contributed by atoms with E-state index in [1.165, 1.54) is 6.92 Å². The summed E-state index contributed by atoms with van der Waals surface area (Å²) in [5, 5.41) is 11.0. The molecule has 1 atom stereocenters. The molecule has 0 aromatic carbocycles. The Morgan fingerprint density at radius 3 is 2.81 bits per heavy atom. The van der Waals surface area contributed by atoms with Crippen LogP contribution >= 0.6 is 0 Å². The van der Waals surface area contributed by atoms with E-state index in [2.05, 4.69) is 14.9 Å². The van der Waals surface area contributed by atoms with Crippen LogP contribution in [-0.4, -0.2) is 30.4 Å². The smallest absolute Gasteiger partial charge is 0.227 e. The van der Waals surface area contributed by atoms with Gasteiger partial charge in [-0.15, -0.1) is 0 Å². The lowest BCUT2D eigenvalue weighted by molar-refractivity contribution is 0.387. The van der Waals surface area contributed by atoms with Crippen LogP contribution in [0.15, 0.2) is 4.52 Å². The number of hydrogen-bond acceptors (Lipinski definition) is 6. The Morgan fingerprint density at radius 1 is 1.62 bits per heavy atom. The van der Waals surface area contributed by atoms with E-state index in [-0.39, 0.29) is 6.54 Å². The Kier molecular flexibility index (Phi) is 3.98. The summed E-state index contributed by atoms with van der Waals surface area (Å²) >= 11 is 0. The minimum absolute atomic E-state index is 0.146. The number of nitrogens with one attached hydrogen (secondary N) is 1. The number of nitrogens with zero attached hydrogens (tertiary/aromatic N) is 3. The van der Waals surface area contributed by atoms with Crippen molar-refractivity contribution in [2.45, 2.75) is 25.5 Å². The van der Waals surface area contributed by atoms with Gasteiger partial charge in [0.2, 0.25) is 15.9 Å². The van der Waals surface area contributed by atoms with Gasteiger partial charge in [0.25, 0.3) is 0 Å². The number of sulfonamides is 1. The summed E-state index contributed by atoms with van der Waals surface area (Å²) in [7, 11) is -3.57. The molecule has 1 unspecified atom stereocenters. The molecule has 1 heterocycles.